The molecule has 2 heterocycles. The lowest BCUT2D eigenvalue weighted by molar-refractivity contribution is -0.159. The molecule has 0 saturated carbocycles. The zero-order chi connectivity index (χ0) is 26.6. The number of hydrogen-bond donors (Lipinski definition) is 4. The second-order valence-electron chi connectivity index (χ2n) is 8.59. The summed E-state index contributed by atoms with van der Waals surface area (Å²) in [6, 6.07) is 5.08. The molecule has 202 valence electrons. The SMILES string of the molecule is Cc1ccc(NC(=O)CNCCCN2CCOCC2)cc1S(=O)(=O)N1CCCCC1.O=C(O)C(=O)O. The average Bonchev–Trinajstić information content (AvgIpc) is 2.86. The van der Waals surface area contributed by atoms with Crippen LogP contribution in [-0.2, 0) is 29.1 Å². The number of rotatable bonds is 9. The number of hydrogen-bond acceptors (Lipinski definition) is 8. The monoisotopic (exact) mass is 528 g/mol. The summed E-state index contributed by atoms with van der Waals surface area (Å²) in [6.45, 7) is 8.39. The Morgan fingerprint density at radius 1 is 1.00 bits per heavy atom. The molecule has 1 amide bonds. The highest BCUT2D eigenvalue weighted by Crippen LogP contribution is 2.26. The van der Waals surface area contributed by atoms with Crippen LogP contribution in [0.5, 0.6) is 0 Å². The number of aliphatic carboxylic acids is 2. The number of sulfonamides is 1. The minimum absolute atomic E-state index is 0.174. The molecule has 2 aliphatic heterocycles. The lowest BCUT2D eigenvalue weighted by atomic mass is 10.2. The van der Waals surface area contributed by atoms with Crippen molar-refractivity contribution < 1.29 is 37.8 Å². The van der Waals surface area contributed by atoms with E-state index in [-0.39, 0.29) is 17.3 Å². The maximum absolute atomic E-state index is 13.0. The molecule has 0 bridgehead atoms. The lowest BCUT2D eigenvalue weighted by Crippen LogP contribution is -2.38. The van der Waals surface area contributed by atoms with E-state index in [0.29, 0.717) is 24.3 Å². The Hall–Kier alpha value is -2.58. The molecule has 0 atom stereocenters. The molecule has 1 aromatic rings. The van der Waals surface area contributed by atoms with Crippen molar-refractivity contribution in [1.82, 2.24) is 14.5 Å². The second kappa shape index (κ2) is 14.9. The van der Waals surface area contributed by atoms with E-state index in [4.69, 9.17) is 24.5 Å². The quantitative estimate of drug-likeness (QED) is 0.263. The van der Waals surface area contributed by atoms with Gasteiger partial charge in [-0.15, -0.1) is 0 Å². The number of nitrogens with one attached hydrogen (secondary N) is 2. The van der Waals surface area contributed by atoms with E-state index < -0.39 is 22.0 Å². The summed E-state index contributed by atoms with van der Waals surface area (Å²) < 4.78 is 32.9. The number of piperidine rings is 1. The predicted molar refractivity (Wildman–Crippen MR) is 132 cm³/mol. The van der Waals surface area contributed by atoms with Crippen molar-refractivity contribution in [3.8, 4) is 0 Å². The van der Waals surface area contributed by atoms with E-state index in [1.54, 1.807) is 29.4 Å². The standard InChI is InChI=1S/C21H34N4O4S.C2H2O4/c1-18-6-7-19(16-20(18)30(27,28)25-10-3-2-4-11-25)23-21(26)17-22-8-5-9-24-12-14-29-15-13-24;3-1(4)2(5)6/h6-7,16,22H,2-5,8-15,17H2,1H3,(H,23,26);(H,3,4)(H,5,6). The summed E-state index contributed by atoms with van der Waals surface area (Å²) in [4.78, 5) is 33.1. The van der Waals surface area contributed by atoms with Gasteiger partial charge in [-0.25, -0.2) is 18.0 Å². The van der Waals surface area contributed by atoms with Gasteiger partial charge in [0.15, 0.2) is 0 Å². The van der Waals surface area contributed by atoms with Crippen molar-refractivity contribution in [1.29, 1.82) is 0 Å². The smallest absolute Gasteiger partial charge is 0.414 e. The molecule has 3 rings (SSSR count). The minimum Gasteiger partial charge on any atom is -0.473 e. The topological polar surface area (TPSA) is 166 Å². The van der Waals surface area contributed by atoms with Gasteiger partial charge in [-0.05, 0) is 57.0 Å². The third kappa shape index (κ3) is 9.82. The molecule has 0 aliphatic carbocycles. The first-order chi connectivity index (χ1) is 17.1. The minimum atomic E-state index is -3.53. The molecule has 13 heteroatoms. The van der Waals surface area contributed by atoms with Crippen LogP contribution in [0.3, 0.4) is 0 Å². The molecule has 36 heavy (non-hydrogen) atoms. The van der Waals surface area contributed by atoms with Crippen molar-refractivity contribution in [3.63, 3.8) is 0 Å². The zero-order valence-electron chi connectivity index (χ0n) is 20.6. The molecule has 0 aromatic heterocycles. The van der Waals surface area contributed by atoms with Gasteiger partial charge in [0.2, 0.25) is 15.9 Å². The lowest BCUT2D eigenvalue weighted by Gasteiger charge is -2.26. The molecular weight excluding hydrogens is 492 g/mol. The molecule has 0 unspecified atom stereocenters. The van der Waals surface area contributed by atoms with Crippen molar-refractivity contribution in [2.75, 3.05) is 64.3 Å². The highest BCUT2D eigenvalue weighted by atomic mass is 32.2. The molecule has 4 N–H and O–H groups in total. The molecule has 1 aromatic carbocycles. The van der Waals surface area contributed by atoms with Gasteiger partial charge in [0, 0.05) is 31.9 Å². The highest BCUT2D eigenvalue weighted by molar-refractivity contribution is 7.89. The number of morpholine rings is 1. The Balaban J connectivity index is 0.000000678. The van der Waals surface area contributed by atoms with Crippen LogP contribution in [-0.4, -0.2) is 105 Å². The number of ether oxygens (including phenoxy) is 1. The van der Waals surface area contributed by atoms with Crippen LogP contribution in [0.25, 0.3) is 0 Å². The fourth-order valence-electron chi connectivity index (χ4n) is 3.86. The van der Waals surface area contributed by atoms with Gasteiger partial charge >= 0.3 is 11.9 Å². The molecule has 0 radical (unpaired) electrons. The predicted octanol–water partition coefficient (Wildman–Crippen LogP) is 0.576. The third-order valence-corrected chi connectivity index (χ3v) is 7.85. The Morgan fingerprint density at radius 2 is 1.64 bits per heavy atom. The number of carboxylic acids is 2. The Kier molecular flexibility index (Phi) is 12.2. The van der Waals surface area contributed by atoms with Gasteiger partial charge < -0.3 is 25.6 Å². The molecule has 0 spiro atoms. The fraction of sp³-hybridized carbons (Fsp3) is 0.609. The van der Waals surface area contributed by atoms with Gasteiger partial charge in [0.25, 0.3) is 0 Å². The van der Waals surface area contributed by atoms with E-state index in [1.807, 2.05) is 0 Å². The first-order valence-electron chi connectivity index (χ1n) is 12.0. The number of amides is 1. The van der Waals surface area contributed by atoms with Crippen LogP contribution >= 0.6 is 0 Å². The largest absolute Gasteiger partial charge is 0.473 e. The van der Waals surface area contributed by atoms with Gasteiger partial charge in [0.1, 0.15) is 0 Å². The van der Waals surface area contributed by atoms with Crippen molar-refractivity contribution in [2.45, 2.75) is 37.5 Å². The van der Waals surface area contributed by atoms with Crippen LogP contribution in [0.1, 0.15) is 31.2 Å². The third-order valence-electron chi connectivity index (χ3n) is 5.80. The number of benzene rings is 1. The van der Waals surface area contributed by atoms with E-state index >= 15 is 0 Å². The van der Waals surface area contributed by atoms with Crippen LogP contribution in [0.15, 0.2) is 23.1 Å². The van der Waals surface area contributed by atoms with E-state index in [1.165, 1.54) is 0 Å². The second-order valence-corrected chi connectivity index (χ2v) is 10.5. The normalized spacial score (nSPS) is 17.0. The summed E-state index contributed by atoms with van der Waals surface area (Å²) in [6.07, 6.45) is 3.83. The average molecular weight is 529 g/mol. The van der Waals surface area contributed by atoms with Gasteiger partial charge in [-0.1, -0.05) is 12.5 Å². The van der Waals surface area contributed by atoms with Gasteiger partial charge in [-0.3, -0.25) is 9.69 Å². The maximum atomic E-state index is 13.0. The highest BCUT2D eigenvalue weighted by Gasteiger charge is 2.27. The summed E-state index contributed by atoms with van der Waals surface area (Å²) in [5.41, 5.74) is 1.20. The van der Waals surface area contributed by atoms with Gasteiger partial charge in [0.05, 0.1) is 24.7 Å². The Bertz CT molecular complexity index is 978. The number of carbonyl (C=O) groups excluding carboxylic acids is 1. The first-order valence-corrected chi connectivity index (χ1v) is 13.4. The summed E-state index contributed by atoms with van der Waals surface area (Å²) >= 11 is 0. The van der Waals surface area contributed by atoms with Crippen LogP contribution in [0, 0.1) is 6.92 Å². The van der Waals surface area contributed by atoms with Crippen molar-refractivity contribution in [3.05, 3.63) is 23.8 Å². The number of anilines is 1. The number of aryl methyl sites for hydroxylation is 1. The Labute approximate surface area is 211 Å². The summed E-state index contributed by atoms with van der Waals surface area (Å²) in [5, 5.41) is 20.8. The number of nitrogens with zero attached hydrogens (tertiary/aromatic N) is 2. The fourth-order valence-corrected chi connectivity index (χ4v) is 5.63. The van der Waals surface area contributed by atoms with E-state index in [0.717, 1.165) is 65.1 Å². The van der Waals surface area contributed by atoms with E-state index in [9.17, 15) is 13.2 Å². The van der Waals surface area contributed by atoms with Crippen LogP contribution in [0.2, 0.25) is 0 Å². The van der Waals surface area contributed by atoms with Crippen molar-refractivity contribution >= 4 is 33.6 Å². The number of carboxylic acid groups (broad SMARTS) is 2. The van der Waals surface area contributed by atoms with Gasteiger partial charge in [-0.2, -0.15) is 4.31 Å². The van der Waals surface area contributed by atoms with E-state index in [2.05, 4.69) is 15.5 Å². The number of carbonyl (C=O) groups is 3. The van der Waals surface area contributed by atoms with Crippen LogP contribution in [0.4, 0.5) is 5.69 Å². The molecule has 2 fully saturated rings. The van der Waals surface area contributed by atoms with Crippen molar-refractivity contribution in [2.24, 2.45) is 0 Å². The molecule has 12 nitrogen and oxygen atoms in total. The summed E-state index contributed by atoms with van der Waals surface area (Å²) in [5.74, 6) is -3.82. The first kappa shape index (κ1) is 29.6. The molecule has 2 saturated heterocycles. The van der Waals surface area contributed by atoms with Crippen LogP contribution < -0.4 is 10.6 Å². The maximum Gasteiger partial charge on any atom is 0.414 e. The Morgan fingerprint density at radius 3 is 2.25 bits per heavy atom. The summed E-state index contributed by atoms with van der Waals surface area (Å²) in [7, 11) is -3.53. The molecular formula is C23H36N4O8S. The zero-order valence-corrected chi connectivity index (χ0v) is 21.4. The molecule has 2 aliphatic rings.